The first-order valence-corrected chi connectivity index (χ1v) is 11.5. The molecule has 0 radical (unpaired) electrons. The number of nitrogens with zero attached hydrogens (tertiary/aromatic N) is 3. The molecule has 1 fully saturated rings. The Morgan fingerprint density at radius 3 is 2.38 bits per heavy atom. The zero-order valence-electron chi connectivity index (χ0n) is 18.9. The normalized spacial score (nSPS) is 20.9. The van der Waals surface area contributed by atoms with E-state index in [1.54, 1.807) is 13.2 Å². The molecule has 2 aliphatic heterocycles. The molecule has 3 aliphatic rings. The summed E-state index contributed by atoms with van der Waals surface area (Å²) in [6.45, 7) is 1.22. The fourth-order valence-electron chi connectivity index (χ4n) is 5.34. The first-order chi connectivity index (χ1) is 16.7. The molecule has 1 aliphatic carbocycles. The van der Waals surface area contributed by atoms with E-state index >= 15 is 0 Å². The largest absolute Gasteiger partial charge is 0.480 e. The number of aromatic nitrogens is 2. The third kappa shape index (κ3) is 3.53. The van der Waals surface area contributed by atoms with Gasteiger partial charge in [-0.3, -0.25) is 4.90 Å². The summed E-state index contributed by atoms with van der Waals surface area (Å²) in [5.41, 5.74) is 6.71. The molecule has 1 amide bonds. The monoisotopic (exact) mass is 455 g/mol. The summed E-state index contributed by atoms with van der Waals surface area (Å²) >= 11 is 0. The van der Waals surface area contributed by atoms with Crippen LogP contribution < -0.4 is 4.74 Å². The van der Waals surface area contributed by atoms with E-state index in [9.17, 15) is 4.79 Å². The van der Waals surface area contributed by atoms with Gasteiger partial charge >= 0.3 is 6.09 Å². The van der Waals surface area contributed by atoms with Crippen LogP contribution in [0.3, 0.4) is 0 Å². The lowest BCUT2D eigenvalue weighted by atomic mass is 9.92. The van der Waals surface area contributed by atoms with Gasteiger partial charge in [-0.25, -0.2) is 4.79 Å². The molecule has 2 bridgehead atoms. The van der Waals surface area contributed by atoms with Crippen LogP contribution in [-0.4, -0.2) is 60.2 Å². The molecule has 0 saturated carbocycles. The third-order valence-corrected chi connectivity index (χ3v) is 6.92. The minimum atomic E-state index is -0.295. The van der Waals surface area contributed by atoms with Gasteiger partial charge in [-0.15, -0.1) is 10.2 Å². The van der Waals surface area contributed by atoms with Crippen molar-refractivity contribution in [3.8, 4) is 17.0 Å². The van der Waals surface area contributed by atoms with Crippen molar-refractivity contribution >= 4 is 11.7 Å². The molecule has 3 heterocycles. The molecule has 1 aromatic heterocycles. The quantitative estimate of drug-likeness (QED) is 0.584. The van der Waals surface area contributed by atoms with Crippen LogP contribution in [0.2, 0.25) is 0 Å². The van der Waals surface area contributed by atoms with E-state index in [1.807, 2.05) is 29.2 Å². The van der Waals surface area contributed by atoms with Gasteiger partial charge in [0.05, 0.1) is 38.1 Å². The van der Waals surface area contributed by atoms with Crippen LogP contribution >= 0.6 is 0 Å². The molecule has 1 saturated heterocycles. The summed E-state index contributed by atoms with van der Waals surface area (Å²) in [6.07, 6.45) is 2.39. The van der Waals surface area contributed by atoms with Gasteiger partial charge in [0.1, 0.15) is 6.61 Å². The molecule has 2 unspecified atom stereocenters. The summed E-state index contributed by atoms with van der Waals surface area (Å²) in [5, 5.41) is 8.36. The van der Waals surface area contributed by atoms with Crippen LogP contribution in [0, 0.1) is 0 Å². The van der Waals surface area contributed by atoms with Crippen LogP contribution in [0.25, 0.3) is 16.7 Å². The average molecular weight is 456 g/mol. The summed E-state index contributed by atoms with van der Waals surface area (Å²) in [7, 11) is 1.57. The van der Waals surface area contributed by atoms with E-state index in [0.29, 0.717) is 32.1 Å². The fourth-order valence-corrected chi connectivity index (χ4v) is 5.34. The van der Waals surface area contributed by atoms with Gasteiger partial charge < -0.3 is 14.2 Å². The van der Waals surface area contributed by atoms with Crippen molar-refractivity contribution < 1.29 is 19.0 Å². The Morgan fingerprint density at radius 1 is 1.00 bits per heavy atom. The molecular formula is C27H25N3O4. The Balaban J connectivity index is 1.20. The lowest BCUT2D eigenvalue weighted by molar-refractivity contribution is -0.0332. The van der Waals surface area contributed by atoms with Crippen LogP contribution in [0.4, 0.5) is 4.79 Å². The predicted octanol–water partition coefficient (Wildman–Crippen LogP) is 4.29. The van der Waals surface area contributed by atoms with Gasteiger partial charge in [0.15, 0.2) is 0 Å². The first kappa shape index (κ1) is 20.9. The van der Waals surface area contributed by atoms with Gasteiger partial charge in [0.25, 0.3) is 0 Å². The Morgan fingerprint density at radius 2 is 1.74 bits per heavy atom. The highest BCUT2D eigenvalue weighted by Gasteiger charge is 2.40. The number of carbonyl (C=O) groups excluding carboxylic acids is 1. The van der Waals surface area contributed by atoms with Crippen molar-refractivity contribution in [2.75, 3.05) is 26.9 Å². The number of carbonyl (C=O) groups is 1. The minimum absolute atomic E-state index is 0.0397. The molecule has 3 aromatic rings. The van der Waals surface area contributed by atoms with Crippen molar-refractivity contribution in [2.45, 2.75) is 24.4 Å². The number of benzene rings is 2. The highest BCUT2D eigenvalue weighted by atomic mass is 16.6. The number of fused-ring (bicyclic) bond motifs is 5. The Kier molecular flexibility index (Phi) is 5.26. The van der Waals surface area contributed by atoms with Gasteiger partial charge in [-0.2, -0.15) is 0 Å². The second-order valence-electron chi connectivity index (χ2n) is 8.83. The van der Waals surface area contributed by atoms with Crippen molar-refractivity contribution in [1.29, 1.82) is 0 Å². The lowest BCUT2D eigenvalue weighted by Crippen LogP contribution is -2.56. The molecule has 0 spiro atoms. The van der Waals surface area contributed by atoms with E-state index in [-0.39, 0.29) is 24.1 Å². The molecule has 172 valence electrons. The number of rotatable bonds is 4. The number of hydrogen-bond acceptors (Lipinski definition) is 6. The smallest absolute Gasteiger partial charge is 0.410 e. The van der Waals surface area contributed by atoms with E-state index in [0.717, 1.165) is 11.3 Å². The van der Waals surface area contributed by atoms with E-state index in [1.165, 1.54) is 22.3 Å². The molecule has 34 heavy (non-hydrogen) atoms. The van der Waals surface area contributed by atoms with Gasteiger partial charge in [0.2, 0.25) is 5.88 Å². The number of hydrogen-bond donors (Lipinski definition) is 0. The Hall–Kier alpha value is -3.71. The Labute approximate surface area is 198 Å². The second kappa shape index (κ2) is 8.57. The van der Waals surface area contributed by atoms with Gasteiger partial charge in [0, 0.05) is 12.0 Å². The maximum Gasteiger partial charge on any atom is 0.410 e. The summed E-state index contributed by atoms with van der Waals surface area (Å²) in [4.78, 5) is 15.1. The molecule has 2 atom stereocenters. The molecule has 6 rings (SSSR count). The first-order valence-electron chi connectivity index (χ1n) is 11.5. The Bertz CT molecular complexity index is 1210. The van der Waals surface area contributed by atoms with Crippen molar-refractivity contribution in [3.63, 3.8) is 0 Å². The summed E-state index contributed by atoms with van der Waals surface area (Å²) in [5.74, 6) is 0.516. The number of ether oxygens (including phenoxy) is 3. The molecule has 2 aromatic carbocycles. The predicted molar refractivity (Wildman–Crippen MR) is 126 cm³/mol. The zero-order chi connectivity index (χ0) is 23.1. The van der Waals surface area contributed by atoms with Gasteiger partial charge in [-0.05, 0) is 40.3 Å². The molecule has 7 nitrogen and oxygen atoms in total. The maximum atomic E-state index is 13.3. The van der Waals surface area contributed by atoms with Gasteiger partial charge in [-0.1, -0.05) is 54.6 Å². The summed E-state index contributed by atoms with van der Waals surface area (Å²) < 4.78 is 16.8. The maximum absolute atomic E-state index is 13.3. The third-order valence-electron chi connectivity index (χ3n) is 6.92. The number of morpholine rings is 1. The van der Waals surface area contributed by atoms with Crippen LogP contribution in [0.5, 0.6) is 5.88 Å². The average Bonchev–Trinajstić information content (AvgIpc) is 3.20. The molecular weight excluding hydrogens is 430 g/mol. The van der Waals surface area contributed by atoms with Crippen LogP contribution in [-0.2, 0) is 9.47 Å². The number of amides is 1. The standard InChI is InChI=1S/C27H25N3O4/c1-32-26-11-10-25(28-29-26)17-12-18-14-33-15-19(13-17)30(18)27(31)34-16-24-22-8-4-2-6-20(22)21-7-3-5-9-23(21)24/h2-12,18-19,24H,13-16H2,1H3. The second-order valence-corrected chi connectivity index (χ2v) is 8.83. The van der Waals surface area contributed by atoms with Crippen LogP contribution in [0.15, 0.2) is 66.7 Å². The number of methoxy groups -OCH3 is 1. The van der Waals surface area contributed by atoms with E-state index in [4.69, 9.17) is 14.2 Å². The lowest BCUT2D eigenvalue weighted by Gasteiger charge is -2.43. The highest BCUT2D eigenvalue weighted by molar-refractivity contribution is 5.79. The fraction of sp³-hybridized carbons (Fsp3) is 0.296. The van der Waals surface area contributed by atoms with Crippen LogP contribution in [0.1, 0.15) is 29.2 Å². The SMILES string of the molecule is COc1ccc(C2=CC3COCC(C2)N3C(=O)OCC2c3ccccc3-c3ccccc32)nn1. The summed E-state index contributed by atoms with van der Waals surface area (Å²) in [6, 6.07) is 20.1. The van der Waals surface area contributed by atoms with Crippen molar-refractivity contribution in [1.82, 2.24) is 15.1 Å². The van der Waals surface area contributed by atoms with E-state index < -0.39 is 0 Å². The minimum Gasteiger partial charge on any atom is -0.480 e. The topological polar surface area (TPSA) is 73.8 Å². The molecule has 7 heteroatoms. The zero-order valence-corrected chi connectivity index (χ0v) is 18.9. The van der Waals surface area contributed by atoms with E-state index in [2.05, 4.69) is 46.6 Å². The molecule has 0 N–H and O–H groups in total. The highest BCUT2D eigenvalue weighted by Crippen LogP contribution is 2.44. The van der Waals surface area contributed by atoms with Crippen molar-refractivity contribution in [3.05, 3.63) is 83.6 Å². The van der Waals surface area contributed by atoms with Crippen molar-refractivity contribution in [2.24, 2.45) is 0 Å².